The molecule has 0 bridgehead atoms. The van der Waals surface area contributed by atoms with Gasteiger partial charge in [0.05, 0.1) is 11.5 Å². The summed E-state index contributed by atoms with van der Waals surface area (Å²) in [7, 11) is -3.53. The summed E-state index contributed by atoms with van der Waals surface area (Å²) in [4.78, 5) is 0.147. The molecule has 106 valence electrons. The average Bonchev–Trinajstić information content (AvgIpc) is 2.73. The van der Waals surface area contributed by atoms with E-state index in [1.165, 1.54) is 18.2 Å². The molecule has 0 amide bonds. The smallest absolute Gasteiger partial charge is 0.240 e. The molecule has 2 atom stereocenters. The van der Waals surface area contributed by atoms with E-state index >= 15 is 0 Å². The molecule has 0 heterocycles. The van der Waals surface area contributed by atoms with Crippen molar-refractivity contribution in [3.05, 3.63) is 28.8 Å². The number of nitrogens with one attached hydrogen (secondary N) is 1. The first-order chi connectivity index (χ1) is 8.92. The molecule has 19 heavy (non-hydrogen) atoms. The van der Waals surface area contributed by atoms with E-state index in [2.05, 4.69) is 11.6 Å². The minimum Gasteiger partial charge on any atom is -0.392 e. The van der Waals surface area contributed by atoms with Gasteiger partial charge in [0.2, 0.25) is 10.0 Å². The number of rotatable bonds is 4. The van der Waals surface area contributed by atoms with Gasteiger partial charge in [-0.25, -0.2) is 13.1 Å². The maximum absolute atomic E-state index is 12.2. The summed E-state index contributed by atoms with van der Waals surface area (Å²) < 4.78 is 27.1. The highest BCUT2D eigenvalue weighted by molar-refractivity contribution is 7.89. The van der Waals surface area contributed by atoms with Gasteiger partial charge in [0.1, 0.15) is 0 Å². The van der Waals surface area contributed by atoms with E-state index in [0.717, 1.165) is 19.3 Å². The van der Waals surface area contributed by atoms with Crippen LogP contribution in [0.25, 0.3) is 0 Å². The Hall–Kier alpha value is -0.620. The van der Waals surface area contributed by atoms with Crippen molar-refractivity contribution in [2.75, 3.05) is 0 Å². The van der Waals surface area contributed by atoms with Crippen LogP contribution in [0.3, 0.4) is 0 Å². The van der Waals surface area contributed by atoms with Crippen LogP contribution in [0, 0.1) is 5.92 Å². The van der Waals surface area contributed by atoms with Gasteiger partial charge in [-0.15, -0.1) is 0 Å². The summed E-state index contributed by atoms with van der Waals surface area (Å²) in [5.41, 5.74) is 0.523. The molecule has 1 aliphatic carbocycles. The van der Waals surface area contributed by atoms with Gasteiger partial charge < -0.3 is 5.11 Å². The summed E-state index contributed by atoms with van der Waals surface area (Å²) >= 11 is 5.92. The van der Waals surface area contributed by atoms with E-state index in [9.17, 15) is 8.42 Å². The monoisotopic (exact) mass is 303 g/mol. The Morgan fingerprint density at radius 3 is 2.68 bits per heavy atom. The topological polar surface area (TPSA) is 66.4 Å². The van der Waals surface area contributed by atoms with Crippen LogP contribution in [0.15, 0.2) is 23.1 Å². The van der Waals surface area contributed by atoms with Gasteiger partial charge >= 0.3 is 0 Å². The Morgan fingerprint density at radius 2 is 2.16 bits per heavy atom. The average molecular weight is 304 g/mol. The highest BCUT2D eigenvalue weighted by atomic mass is 35.5. The van der Waals surface area contributed by atoms with Gasteiger partial charge in [-0.2, -0.15) is 0 Å². The molecular weight excluding hydrogens is 286 g/mol. The second kappa shape index (κ2) is 5.79. The van der Waals surface area contributed by atoms with Gasteiger partial charge in [-0.3, -0.25) is 0 Å². The summed E-state index contributed by atoms with van der Waals surface area (Å²) in [5.74, 6) is 0.563. The summed E-state index contributed by atoms with van der Waals surface area (Å²) in [5, 5.41) is 9.29. The molecule has 1 saturated carbocycles. The number of aliphatic hydroxyl groups excluding tert-OH is 1. The SMILES string of the molecule is CC1CCC(NS(=O)(=O)c2ccc(CO)c(Cl)c2)C1. The zero-order chi connectivity index (χ0) is 14.0. The van der Waals surface area contributed by atoms with Crippen LogP contribution in [0.5, 0.6) is 0 Å². The van der Waals surface area contributed by atoms with Crippen molar-refractivity contribution in [1.82, 2.24) is 4.72 Å². The first kappa shape index (κ1) is 14.8. The third-order valence-electron chi connectivity index (χ3n) is 3.52. The Labute approximate surface area is 118 Å². The summed E-state index contributed by atoms with van der Waals surface area (Å²) in [6.07, 6.45) is 2.81. The minimum absolute atomic E-state index is 0.0105. The van der Waals surface area contributed by atoms with E-state index < -0.39 is 10.0 Å². The maximum atomic E-state index is 12.2. The second-order valence-electron chi connectivity index (χ2n) is 5.15. The predicted molar refractivity (Wildman–Crippen MR) is 74.5 cm³/mol. The summed E-state index contributed by atoms with van der Waals surface area (Å²) in [6.45, 7) is 1.92. The van der Waals surface area contributed by atoms with E-state index in [-0.39, 0.29) is 22.6 Å². The molecular formula is C13H18ClNO3S. The standard InChI is InChI=1S/C13H18ClNO3S/c1-9-2-4-11(6-9)15-19(17,18)12-5-3-10(8-16)13(14)7-12/h3,5,7,9,11,15-16H,2,4,6,8H2,1H3. The van der Waals surface area contributed by atoms with E-state index in [0.29, 0.717) is 11.5 Å². The number of aliphatic hydroxyl groups is 1. The lowest BCUT2D eigenvalue weighted by Crippen LogP contribution is -2.32. The van der Waals surface area contributed by atoms with Crippen LogP contribution in [-0.2, 0) is 16.6 Å². The maximum Gasteiger partial charge on any atom is 0.240 e. The zero-order valence-electron chi connectivity index (χ0n) is 10.8. The Bertz CT molecular complexity index is 559. The lowest BCUT2D eigenvalue weighted by molar-refractivity contribution is 0.282. The van der Waals surface area contributed by atoms with E-state index in [1.54, 1.807) is 0 Å². The molecule has 2 unspecified atom stereocenters. The van der Waals surface area contributed by atoms with Crippen molar-refractivity contribution in [3.63, 3.8) is 0 Å². The molecule has 1 aromatic rings. The Kier molecular flexibility index (Phi) is 4.50. The first-order valence-electron chi connectivity index (χ1n) is 6.34. The van der Waals surface area contributed by atoms with Gasteiger partial charge in [0.25, 0.3) is 0 Å². The van der Waals surface area contributed by atoms with Crippen LogP contribution >= 0.6 is 11.6 Å². The highest BCUT2D eigenvalue weighted by Gasteiger charge is 2.26. The molecule has 6 heteroatoms. The summed E-state index contributed by atoms with van der Waals surface area (Å²) in [6, 6.07) is 4.40. The van der Waals surface area contributed by atoms with Crippen LogP contribution in [0.1, 0.15) is 31.7 Å². The van der Waals surface area contributed by atoms with Crippen LogP contribution < -0.4 is 4.72 Å². The molecule has 1 fully saturated rings. The van der Waals surface area contributed by atoms with Crippen molar-refractivity contribution >= 4 is 21.6 Å². The normalized spacial score (nSPS) is 23.7. The fourth-order valence-electron chi connectivity index (χ4n) is 2.43. The molecule has 0 spiro atoms. The number of sulfonamides is 1. The molecule has 1 aromatic carbocycles. The van der Waals surface area contributed by atoms with Gasteiger partial charge in [0.15, 0.2) is 0 Å². The molecule has 2 rings (SSSR count). The van der Waals surface area contributed by atoms with Crippen molar-refractivity contribution in [3.8, 4) is 0 Å². The third-order valence-corrected chi connectivity index (χ3v) is 5.39. The third kappa shape index (κ3) is 3.48. The second-order valence-corrected chi connectivity index (χ2v) is 7.27. The number of benzene rings is 1. The van der Waals surface area contributed by atoms with Gasteiger partial charge in [0, 0.05) is 11.1 Å². The predicted octanol–water partition coefficient (Wildman–Crippen LogP) is 2.30. The molecule has 1 aliphatic rings. The van der Waals surface area contributed by atoms with Gasteiger partial charge in [-0.05, 0) is 42.9 Å². The fraction of sp³-hybridized carbons (Fsp3) is 0.538. The van der Waals surface area contributed by atoms with Crippen molar-refractivity contribution < 1.29 is 13.5 Å². The van der Waals surface area contributed by atoms with Crippen molar-refractivity contribution in [2.45, 2.75) is 43.7 Å². The first-order valence-corrected chi connectivity index (χ1v) is 8.20. The zero-order valence-corrected chi connectivity index (χ0v) is 12.3. The number of hydrogen-bond acceptors (Lipinski definition) is 3. The van der Waals surface area contributed by atoms with Crippen LogP contribution in [0.4, 0.5) is 0 Å². The quantitative estimate of drug-likeness (QED) is 0.897. The molecule has 2 N–H and O–H groups in total. The Morgan fingerprint density at radius 1 is 1.42 bits per heavy atom. The highest BCUT2D eigenvalue weighted by Crippen LogP contribution is 2.27. The largest absolute Gasteiger partial charge is 0.392 e. The van der Waals surface area contributed by atoms with Crippen molar-refractivity contribution in [1.29, 1.82) is 0 Å². The molecule has 4 nitrogen and oxygen atoms in total. The van der Waals surface area contributed by atoms with Crippen molar-refractivity contribution in [2.24, 2.45) is 5.92 Å². The molecule has 0 aliphatic heterocycles. The molecule has 0 aromatic heterocycles. The lowest BCUT2D eigenvalue weighted by Gasteiger charge is -2.13. The lowest BCUT2D eigenvalue weighted by atomic mass is 10.1. The fourth-order valence-corrected chi connectivity index (χ4v) is 4.04. The van der Waals surface area contributed by atoms with Gasteiger partial charge in [-0.1, -0.05) is 24.6 Å². The van der Waals surface area contributed by atoms with Crippen LogP contribution in [-0.4, -0.2) is 19.6 Å². The van der Waals surface area contributed by atoms with E-state index in [4.69, 9.17) is 16.7 Å². The number of hydrogen-bond donors (Lipinski definition) is 2. The van der Waals surface area contributed by atoms with E-state index in [1.807, 2.05) is 0 Å². The molecule has 0 saturated heterocycles. The molecule has 0 radical (unpaired) electrons. The number of halogens is 1. The minimum atomic E-state index is -3.53. The Balaban J connectivity index is 2.17. The van der Waals surface area contributed by atoms with Crippen LogP contribution in [0.2, 0.25) is 5.02 Å².